The second-order valence-corrected chi connectivity index (χ2v) is 2.88. The summed E-state index contributed by atoms with van der Waals surface area (Å²) >= 11 is 0. The Labute approximate surface area is 86.3 Å². The van der Waals surface area contributed by atoms with E-state index >= 15 is 0 Å². The largest absolute Gasteiger partial charge is 0.497 e. The zero-order chi connectivity index (χ0) is 10.7. The molecular weight excluding hydrogens is 192 g/mol. The SMILES string of the molecule is COc1cccc(-c2nn[nH]c2C#N)c1. The molecule has 0 aliphatic carbocycles. The quantitative estimate of drug-likeness (QED) is 0.794. The van der Waals surface area contributed by atoms with Gasteiger partial charge in [-0.2, -0.15) is 5.26 Å². The number of nitrogens with one attached hydrogen (secondary N) is 1. The molecule has 5 heteroatoms. The van der Waals surface area contributed by atoms with Gasteiger partial charge in [0.15, 0.2) is 5.69 Å². The number of rotatable bonds is 2. The van der Waals surface area contributed by atoms with Gasteiger partial charge in [0.1, 0.15) is 17.5 Å². The predicted octanol–water partition coefficient (Wildman–Crippen LogP) is 1.35. The standard InChI is InChI=1S/C10H8N4O/c1-15-8-4-2-3-7(5-8)10-9(6-11)12-14-13-10/h2-5H,1H3,(H,12,13,14). The van der Waals surface area contributed by atoms with Crippen molar-refractivity contribution in [3.05, 3.63) is 30.0 Å². The maximum absolute atomic E-state index is 8.80. The first kappa shape index (κ1) is 9.21. The zero-order valence-corrected chi connectivity index (χ0v) is 8.06. The van der Waals surface area contributed by atoms with Crippen LogP contribution < -0.4 is 4.74 Å². The molecule has 0 aliphatic rings. The van der Waals surface area contributed by atoms with Crippen LogP contribution in [0.3, 0.4) is 0 Å². The van der Waals surface area contributed by atoms with Crippen LogP contribution in [0.1, 0.15) is 5.69 Å². The fourth-order valence-corrected chi connectivity index (χ4v) is 1.28. The van der Waals surface area contributed by atoms with Crippen LogP contribution in [0.25, 0.3) is 11.3 Å². The normalized spacial score (nSPS) is 9.60. The first-order valence-corrected chi connectivity index (χ1v) is 4.30. The third kappa shape index (κ3) is 1.65. The Bertz CT molecular complexity index is 512. The summed E-state index contributed by atoms with van der Waals surface area (Å²) in [6.45, 7) is 0. The van der Waals surface area contributed by atoms with Gasteiger partial charge in [0.05, 0.1) is 7.11 Å². The molecule has 0 saturated carbocycles. The van der Waals surface area contributed by atoms with Gasteiger partial charge in [-0.3, -0.25) is 0 Å². The molecular formula is C10H8N4O. The van der Waals surface area contributed by atoms with Gasteiger partial charge in [0.2, 0.25) is 0 Å². The molecule has 2 aromatic rings. The Balaban J connectivity index is 2.50. The van der Waals surface area contributed by atoms with Gasteiger partial charge in [0.25, 0.3) is 0 Å². The second-order valence-electron chi connectivity index (χ2n) is 2.88. The molecule has 0 radical (unpaired) electrons. The summed E-state index contributed by atoms with van der Waals surface area (Å²) in [5.74, 6) is 0.722. The fraction of sp³-hybridized carbons (Fsp3) is 0.100. The molecule has 0 aliphatic heterocycles. The monoisotopic (exact) mass is 200 g/mol. The number of hydrogen-bond acceptors (Lipinski definition) is 4. The Kier molecular flexibility index (Phi) is 2.33. The lowest BCUT2D eigenvalue weighted by Crippen LogP contribution is -1.85. The molecule has 15 heavy (non-hydrogen) atoms. The van der Waals surface area contributed by atoms with E-state index in [2.05, 4.69) is 15.4 Å². The lowest BCUT2D eigenvalue weighted by atomic mass is 10.1. The van der Waals surface area contributed by atoms with E-state index in [1.165, 1.54) is 0 Å². The summed E-state index contributed by atoms with van der Waals surface area (Å²) in [7, 11) is 1.59. The highest BCUT2D eigenvalue weighted by Crippen LogP contribution is 2.23. The fourth-order valence-electron chi connectivity index (χ4n) is 1.28. The summed E-state index contributed by atoms with van der Waals surface area (Å²) in [6.07, 6.45) is 0. The molecule has 74 valence electrons. The number of nitriles is 1. The topological polar surface area (TPSA) is 74.6 Å². The molecule has 1 heterocycles. The van der Waals surface area contributed by atoms with Gasteiger partial charge in [-0.05, 0) is 12.1 Å². The van der Waals surface area contributed by atoms with Gasteiger partial charge in [-0.25, -0.2) is 5.10 Å². The Hall–Kier alpha value is -2.35. The highest BCUT2D eigenvalue weighted by atomic mass is 16.5. The van der Waals surface area contributed by atoms with E-state index in [0.29, 0.717) is 11.4 Å². The van der Waals surface area contributed by atoms with E-state index in [9.17, 15) is 0 Å². The van der Waals surface area contributed by atoms with E-state index in [-0.39, 0.29) is 0 Å². The van der Waals surface area contributed by atoms with Crippen LogP contribution in [0.2, 0.25) is 0 Å². The Morgan fingerprint density at radius 1 is 1.47 bits per heavy atom. The molecule has 0 bridgehead atoms. The molecule has 0 fully saturated rings. The zero-order valence-electron chi connectivity index (χ0n) is 8.06. The van der Waals surface area contributed by atoms with Crippen LogP contribution >= 0.6 is 0 Å². The van der Waals surface area contributed by atoms with E-state index in [1.807, 2.05) is 24.3 Å². The molecule has 0 spiro atoms. The van der Waals surface area contributed by atoms with Crippen molar-refractivity contribution in [1.29, 1.82) is 5.26 Å². The van der Waals surface area contributed by atoms with Crippen LogP contribution in [0, 0.1) is 11.3 Å². The van der Waals surface area contributed by atoms with Gasteiger partial charge in [0, 0.05) is 5.56 Å². The summed E-state index contributed by atoms with van der Waals surface area (Å²) in [5, 5.41) is 18.8. The number of H-pyrrole nitrogens is 1. The predicted molar refractivity (Wildman–Crippen MR) is 53.1 cm³/mol. The van der Waals surface area contributed by atoms with Gasteiger partial charge in [-0.15, -0.1) is 5.10 Å². The Morgan fingerprint density at radius 3 is 3.07 bits per heavy atom. The van der Waals surface area contributed by atoms with Crippen molar-refractivity contribution in [3.8, 4) is 23.1 Å². The van der Waals surface area contributed by atoms with Crippen molar-refractivity contribution >= 4 is 0 Å². The maximum atomic E-state index is 8.80. The van der Waals surface area contributed by atoms with Gasteiger partial charge >= 0.3 is 0 Å². The highest BCUT2D eigenvalue weighted by Gasteiger charge is 2.09. The molecule has 2 rings (SSSR count). The second kappa shape index (κ2) is 3.80. The van der Waals surface area contributed by atoms with E-state index in [0.717, 1.165) is 11.3 Å². The van der Waals surface area contributed by atoms with Crippen LogP contribution in [-0.2, 0) is 0 Å². The molecule has 1 aromatic carbocycles. The van der Waals surface area contributed by atoms with Crippen molar-refractivity contribution in [1.82, 2.24) is 15.4 Å². The van der Waals surface area contributed by atoms with Gasteiger partial charge < -0.3 is 4.74 Å². The molecule has 0 saturated heterocycles. The minimum atomic E-state index is 0.350. The summed E-state index contributed by atoms with van der Waals surface area (Å²) in [6, 6.07) is 9.31. The molecule has 5 nitrogen and oxygen atoms in total. The number of methoxy groups -OCH3 is 1. The van der Waals surface area contributed by atoms with E-state index in [4.69, 9.17) is 10.00 Å². The summed E-state index contributed by atoms with van der Waals surface area (Å²) < 4.78 is 5.09. The number of aromatic amines is 1. The summed E-state index contributed by atoms with van der Waals surface area (Å²) in [4.78, 5) is 0. The van der Waals surface area contributed by atoms with Crippen molar-refractivity contribution < 1.29 is 4.74 Å². The molecule has 1 N–H and O–H groups in total. The first-order chi connectivity index (χ1) is 7.35. The molecule has 0 amide bonds. The van der Waals surface area contributed by atoms with Crippen molar-refractivity contribution in [2.75, 3.05) is 7.11 Å². The van der Waals surface area contributed by atoms with Crippen LogP contribution in [0.15, 0.2) is 24.3 Å². The van der Waals surface area contributed by atoms with Crippen molar-refractivity contribution in [2.45, 2.75) is 0 Å². The van der Waals surface area contributed by atoms with Crippen molar-refractivity contribution in [3.63, 3.8) is 0 Å². The van der Waals surface area contributed by atoms with Crippen molar-refractivity contribution in [2.24, 2.45) is 0 Å². The Morgan fingerprint density at radius 2 is 2.33 bits per heavy atom. The number of ether oxygens (including phenoxy) is 1. The maximum Gasteiger partial charge on any atom is 0.163 e. The molecule has 0 atom stereocenters. The van der Waals surface area contributed by atoms with E-state index in [1.54, 1.807) is 13.2 Å². The number of benzene rings is 1. The molecule has 0 unspecified atom stereocenters. The number of aromatic nitrogens is 3. The number of nitrogens with zero attached hydrogens (tertiary/aromatic N) is 3. The number of hydrogen-bond donors (Lipinski definition) is 1. The third-order valence-corrected chi connectivity index (χ3v) is 2.00. The third-order valence-electron chi connectivity index (χ3n) is 2.00. The van der Waals surface area contributed by atoms with Crippen LogP contribution in [-0.4, -0.2) is 22.5 Å². The minimum Gasteiger partial charge on any atom is -0.497 e. The van der Waals surface area contributed by atoms with Crippen LogP contribution in [0.5, 0.6) is 5.75 Å². The van der Waals surface area contributed by atoms with Gasteiger partial charge in [-0.1, -0.05) is 17.3 Å². The van der Waals surface area contributed by atoms with Crippen LogP contribution in [0.4, 0.5) is 0 Å². The first-order valence-electron chi connectivity index (χ1n) is 4.30. The lowest BCUT2D eigenvalue weighted by Gasteiger charge is -2.01. The van der Waals surface area contributed by atoms with E-state index < -0.39 is 0 Å². The highest BCUT2D eigenvalue weighted by molar-refractivity contribution is 5.65. The summed E-state index contributed by atoms with van der Waals surface area (Å²) in [5.41, 5.74) is 1.69. The minimum absolute atomic E-state index is 0.350. The molecule has 1 aromatic heterocycles. The average Bonchev–Trinajstić information content (AvgIpc) is 2.77. The average molecular weight is 200 g/mol. The lowest BCUT2D eigenvalue weighted by molar-refractivity contribution is 0.415. The smallest absolute Gasteiger partial charge is 0.163 e.